The van der Waals surface area contributed by atoms with Crippen LogP contribution in [0.15, 0.2) is 91.0 Å². The van der Waals surface area contributed by atoms with Crippen LogP contribution < -0.4 is 0 Å². The molecule has 0 aliphatic carbocycles. The van der Waals surface area contributed by atoms with Gasteiger partial charge in [0.25, 0.3) is 0 Å². The van der Waals surface area contributed by atoms with Crippen LogP contribution in [-0.4, -0.2) is 77.7 Å². The molecule has 0 amide bonds. The lowest BCUT2D eigenvalue weighted by Gasteiger charge is -2.44. The highest BCUT2D eigenvalue weighted by atomic mass is 16.8. The first-order valence-electron chi connectivity index (χ1n) is 13.5. The molecule has 0 aromatic heterocycles. The van der Waals surface area contributed by atoms with Gasteiger partial charge in [-0.3, -0.25) is 0 Å². The largest absolute Gasteiger partial charge is 0.388 e. The van der Waals surface area contributed by atoms with E-state index in [1.807, 2.05) is 91.0 Å². The van der Waals surface area contributed by atoms with Crippen LogP contribution in [0, 0.1) is 0 Å². The van der Waals surface area contributed by atoms with Crippen molar-refractivity contribution in [1.29, 1.82) is 0 Å². The van der Waals surface area contributed by atoms with Crippen LogP contribution in [0.3, 0.4) is 0 Å². The van der Waals surface area contributed by atoms with E-state index < -0.39 is 49.2 Å². The third-order valence-electron chi connectivity index (χ3n) is 6.98. The predicted molar refractivity (Wildman–Crippen MR) is 144 cm³/mol. The zero-order chi connectivity index (χ0) is 27.7. The molecular formula is C31H36O9. The number of rotatable bonds is 11. The number of benzene rings is 3. The van der Waals surface area contributed by atoms with Gasteiger partial charge >= 0.3 is 0 Å². The van der Waals surface area contributed by atoms with Gasteiger partial charge in [0, 0.05) is 0 Å². The van der Waals surface area contributed by atoms with E-state index in [4.69, 9.17) is 28.4 Å². The topological polar surface area (TPSA) is 116 Å². The summed E-state index contributed by atoms with van der Waals surface area (Å²) >= 11 is 0. The Labute approximate surface area is 233 Å². The Balaban J connectivity index is 1.38. The van der Waals surface area contributed by atoms with E-state index in [0.717, 1.165) is 16.7 Å². The number of aliphatic hydroxyl groups is 3. The van der Waals surface area contributed by atoms with Gasteiger partial charge in [-0.1, -0.05) is 91.0 Å². The van der Waals surface area contributed by atoms with Crippen molar-refractivity contribution in [1.82, 2.24) is 0 Å². The summed E-state index contributed by atoms with van der Waals surface area (Å²) in [6, 6.07) is 29.2. The van der Waals surface area contributed by atoms with E-state index in [1.54, 1.807) is 0 Å². The van der Waals surface area contributed by atoms with Crippen molar-refractivity contribution in [3.63, 3.8) is 0 Å². The summed E-state index contributed by atoms with van der Waals surface area (Å²) in [5, 5.41) is 30.8. The third-order valence-corrected chi connectivity index (χ3v) is 6.98. The first-order chi connectivity index (χ1) is 19.6. The number of aliphatic hydroxyl groups excluding tert-OH is 3. The van der Waals surface area contributed by atoms with Gasteiger partial charge in [0.05, 0.1) is 33.0 Å². The molecule has 3 aromatic rings. The minimum absolute atomic E-state index is 0.182. The van der Waals surface area contributed by atoms with Gasteiger partial charge < -0.3 is 43.7 Å². The molecule has 214 valence electrons. The van der Waals surface area contributed by atoms with E-state index in [-0.39, 0.29) is 26.4 Å². The lowest BCUT2D eigenvalue weighted by Crippen LogP contribution is -2.61. The molecule has 0 radical (unpaired) electrons. The number of ether oxygens (including phenoxy) is 6. The normalized spacial score (nSPS) is 30.7. The summed E-state index contributed by atoms with van der Waals surface area (Å²) in [5.74, 6) is 0. The van der Waals surface area contributed by atoms with Crippen molar-refractivity contribution in [2.75, 3.05) is 13.2 Å². The number of hydrogen-bond acceptors (Lipinski definition) is 9. The molecule has 2 heterocycles. The van der Waals surface area contributed by atoms with Crippen molar-refractivity contribution >= 4 is 0 Å². The summed E-state index contributed by atoms with van der Waals surface area (Å²) < 4.78 is 36.8. The van der Waals surface area contributed by atoms with Gasteiger partial charge in [0.2, 0.25) is 0 Å². The quantitative estimate of drug-likeness (QED) is 0.330. The summed E-state index contributed by atoms with van der Waals surface area (Å²) in [7, 11) is 0. The van der Waals surface area contributed by atoms with Gasteiger partial charge in [-0.05, 0) is 16.7 Å². The van der Waals surface area contributed by atoms with Crippen molar-refractivity contribution < 1.29 is 43.7 Å². The standard InChI is InChI=1S/C31H36O9/c32-24-19-38-30(27(34)26(24)33)40-29-28(36-17-22-12-6-2-7-13-22)25(35-16-21-10-4-1-5-11-21)20-39-31(29)37-18-23-14-8-3-9-15-23/h1-15,24-34H,16-20H2. The van der Waals surface area contributed by atoms with Crippen LogP contribution in [0.1, 0.15) is 16.7 Å². The molecule has 2 fully saturated rings. The first-order valence-corrected chi connectivity index (χ1v) is 13.5. The molecule has 9 heteroatoms. The maximum absolute atomic E-state index is 10.6. The summed E-state index contributed by atoms with van der Waals surface area (Å²) in [4.78, 5) is 0. The number of hydrogen-bond donors (Lipinski definition) is 3. The highest BCUT2D eigenvalue weighted by Crippen LogP contribution is 2.30. The Kier molecular flexibility index (Phi) is 10.3. The molecule has 8 unspecified atom stereocenters. The third kappa shape index (κ3) is 7.52. The molecule has 2 aliphatic heterocycles. The second kappa shape index (κ2) is 14.3. The van der Waals surface area contributed by atoms with Gasteiger partial charge in [0.1, 0.15) is 36.6 Å². The minimum atomic E-state index is -1.49. The van der Waals surface area contributed by atoms with Crippen molar-refractivity contribution in [2.45, 2.75) is 69.0 Å². The Morgan fingerprint density at radius 2 is 1.05 bits per heavy atom. The predicted octanol–water partition coefficient (Wildman–Crippen LogP) is 2.55. The summed E-state index contributed by atoms with van der Waals surface area (Å²) in [6.45, 7) is 0.839. The zero-order valence-electron chi connectivity index (χ0n) is 22.1. The molecule has 3 aromatic carbocycles. The van der Waals surface area contributed by atoms with E-state index in [1.165, 1.54) is 0 Å². The monoisotopic (exact) mass is 552 g/mol. The summed E-state index contributed by atoms with van der Waals surface area (Å²) in [5.41, 5.74) is 2.90. The molecule has 2 aliphatic rings. The molecule has 0 spiro atoms. The molecule has 0 bridgehead atoms. The van der Waals surface area contributed by atoms with Gasteiger partial charge in [-0.2, -0.15) is 0 Å². The molecule has 0 saturated carbocycles. The fourth-order valence-corrected chi connectivity index (χ4v) is 4.73. The maximum Gasteiger partial charge on any atom is 0.187 e. The SMILES string of the molecule is OC1COC(OC2C(OCc3ccccc3)OCC(OCc3ccccc3)C2OCc2ccccc2)C(O)C1O. The van der Waals surface area contributed by atoms with Crippen LogP contribution in [0.5, 0.6) is 0 Å². The highest BCUT2D eigenvalue weighted by molar-refractivity contribution is 5.15. The first kappa shape index (κ1) is 28.8. The van der Waals surface area contributed by atoms with Gasteiger partial charge in [-0.15, -0.1) is 0 Å². The average molecular weight is 553 g/mol. The second-order valence-electron chi connectivity index (χ2n) is 9.95. The Hall–Kier alpha value is -2.70. The van der Waals surface area contributed by atoms with Crippen LogP contribution in [0.25, 0.3) is 0 Å². The van der Waals surface area contributed by atoms with E-state index >= 15 is 0 Å². The summed E-state index contributed by atoms with van der Waals surface area (Å²) in [6.07, 6.45) is -8.40. The molecule has 8 atom stereocenters. The molecule has 3 N–H and O–H groups in total. The van der Waals surface area contributed by atoms with Crippen molar-refractivity contribution in [3.05, 3.63) is 108 Å². The Morgan fingerprint density at radius 1 is 0.550 bits per heavy atom. The van der Waals surface area contributed by atoms with Gasteiger partial charge in [-0.25, -0.2) is 0 Å². The van der Waals surface area contributed by atoms with Crippen LogP contribution >= 0.6 is 0 Å². The average Bonchev–Trinajstić information content (AvgIpc) is 3.00. The Morgan fingerprint density at radius 3 is 1.62 bits per heavy atom. The fraction of sp³-hybridized carbons (Fsp3) is 0.419. The highest BCUT2D eigenvalue weighted by Gasteiger charge is 2.48. The molecular weight excluding hydrogens is 516 g/mol. The van der Waals surface area contributed by atoms with Crippen LogP contribution in [0.4, 0.5) is 0 Å². The van der Waals surface area contributed by atoms with Crippen molar-refractivity contribution in [3.8, 4) is 0 Å². The van der Waals surface area contributed by atoms with Crippen LogP contribution in [0.2, 0.25) is 0 Å². The molecule has 5 rings (SSSR count). The van der Waals surface area contributed by atoms with Crippen LogP contribution in [-0.2, 0) is 48.2 Å². The minimum Gasteiger partial charge on any atom is -0.388 e. The van der Waals surface area contributed by atoms with E-state index in [2.05, 4.69) is 0 Å². The maximum atomic E-state index is 10.6. The molecule has 9 nitrogen and oxygen atoms in total. The molecule has 40 heavy (non-hydrogen) atoms. The van der Waals surface area contributed by atoms with Crippen molar-refractivity contribution in [2.24, 2.45) is 0 Å². The smallest absolute Gasteiger partial charge is 0.187 e. The van der Waals surface area contributed by atoms with E-state index in [9.17, 15) is 15.3 Å². The van der Waals surface area contributed by atoms with Gasteiger partial charge in [0.15, 0.2) is 12.6 Å². The lowest BCUT2D eigenvalue weighted by atomic mass is 10.0. The lowest BCUT2D eigenvalue weighted by molar-refractivity contribution is -0.352. The molecule has 2 saturated heterocycles. The fourth-order valence-electron chi connectivity index (χ4n) is 4.73. The zero-order valence-corrected chi connectivity index (χ0v) is 22.1. The Bertz CT molecular complexity index is 1130. The van der Waals surface area contributed by atoms with E-state index in [0.29, 0.717) is 6.61 Å². The second-order valence-corrected chi connectivity index (χ2v) is 9.95.